The van der Waals surface area contributed by atoms with Crippen molar-refractivity contribution >= 4 is 17.7 Å². The van der Waals surface area contributed by atoms with Crippen molar-refractivity contribution in [2.45, 2.75) is 39.2 Å². The number of nitrogens with one attached hydrogen (secondary N) is 2. The predicted octanol–water partition coefficient (Wildman–Crippen LogP) is 2.86. The van der Waals surface area contributed by atoms with Crippen molar-refractivity contribution in [1.29, 1.82) is 0 Å². The molecule has 0 aliphatic carbocycles. The van der Waals surface area contributed by atoms with Gasteiger partial charge in [-0.3, -0.25) is 4.90 Å². The Morgan fingerprint density at radius 1 is 1.25 bits per heavy atom. The van der Waals surface area contributed by atoms with Gasteiger partial charge in [0.1, 0.15) is 0 Å². The first-order chi connectivity index (χ1) is 11.6. The molecule has 2 N–H and O–H groups in total. The van der Waals surface area contributed by atoms with Gasteiger partial charge in [0, 0.05) is 24.8 Å². The van der Waals surface area contributed by atoms with Crippen molar-refractivity contribution in [3.63, 3.8) is 0 Å². The summed E-state index contributed by atoms with van der Waals surface area (Å²) in [5, 5.41) is 5.64. The summed E-state index contributed by atoms with van der Waals surface area (Å²) in [6, 6.07) is 7.03. The summed E-state index contributed by atoms with van der Waals surface area (Å²) in [5.74, 6) is -0.357. The van der Waals surface area contributed by atoms with Crippen LogP contribution in [0.2, 0.25) is 0 Å². The number of carbonyl (C=O) groups is 2. The van der Waals surface area contributed by atoms with Gasteiger partial charge in [-0.15, -0.1) is 0 Å². The molecule has 1 fully saturated rings. The van der Waals surface area contributed by atoms with Crippen molar-refractivity contribution in [2.75, 3.05) is 31.6 Å². The summed E-state index contributed by atoms with van der Waals surface area (Å²) in [5.41, 5.74) is 1.12. The molecule has 1 atom stereocenters. The SMILES string of the molecule is CCOC(=O)c1ccc(NC(=O)NCCN2CCCCC2C)cc1. The minimum absolute atomic E-state index is 0.233. The number of carbonyl (C=O) groups excluding carboxylic acids is 2. The van der Waals surface area contributed by atoms with Gasteiger partial charge >= 0.3 is 12.0 Å². The topological polar surface area (TPSA) is 70.7 Å². The summed E-state index contributed by atoms with van der Waals surface area (Å²) in [6.07, 6.45) is 3.77. The number of esters is 1. The zero-order valence-electron chi connectivity index (χ0n) is 14.5. The molecule has 24 heavy (non-hydrogen) atoms. The highest BCUT2D eigenvalue weighted by molar-refractivity contribution is 5.92. The van der Waals surface area contributed by atoms with Gasteiger partial charge in [-0.05, 0) is 57.5 Å². The fraction of sp³-hybridized carbons (Fsp3) is 0.556. The summed E-state index contributed by atoms with van der Waals surface area (Å²) < 4.78 is 4.92. The molecule has 1 unspecified atom stereocenters. The molecule has 1 aromatic carbocycles. The maximum atomic E-state index is 11.9. The molecular formula is C18H27N3O3. The Balaban J connectivity index is 1.72. The average Bonchev–Trinajstić information content (AvgIpc) is 2.57. The smallest absolute Gasteiger partial charge is 0.338 e. The Labute approximate surface area is 143 Å². The van der Waals surface area contributed by atoms with Gasteiger partial charge < -0.3 is 15.4 Å². The molecule has 1 heterocycles. The highest BCUT2D eigenvalue weighted by atomic mass is 16.5. The first-order valence-corrected chi connectivity index (χ1v) is 8.66. The fourth-order valence-corrected chi connectivity index (χ4v) is 2.88. The molecule has 2 rings (SSSR count). The van der Waals surface area contributed by atoms with Crippen molar-refractivity contribution in [3.05, 3.63) is 29.8 Å². The molecule has 132 valence electrons. The van der Waals surface area contributed by atoms with E-state index in [-0.39, 0.29) is 12.0 Å². The monoisotopic (exact) mass is 333 g/mol. The van der Waals surface area contributed by atoms with Gasteiger partial charge in [-0.1, -0.05) is 6.42 Å². The largest absolute Gasteiger partial charge is 0.462 e. The second-order valence-corrected chi connectivity index (χ2v) is 6.06. The van der Waals surface area contributed by atoms with Crippen LogP contribution in [0.1, 0.15) is 43.5 Å². The highest BCUT2D eigenvalue weighted by Gasteiger charge is 2.17. The van der Waals surface area contributed by atoms with Crippen LogP contribution in [0.5, 0.6) is 0 Å². The zero-order valence-corrected chi connectivity index (χ0v) is 14.5. The molecule has 1 aromatic rings. The van der Waals surface area contributed by atoms with Crippen LogP contribution in [0.3, 0.4) is 0 Å². The number of hydrogen-bond donors (Lipinski definition) is 2. The van der Waals surface area contributed by atoms with E-state index in [0.29, 0.717) is 30.4 Å². The molecule has 0 saturated carbocycles. The summed E-state index contributed by atoms with van der Waals surface area (Å²) in [4.78, 5) is 25.9. The van der Waals surface area contributed by atoms with Crippen molar-refractivity contribution in [1.82, 2.24) is 10.2 Å². The molecule has 0 spiro atoms. The highest BCUT2D eigenvalue weighted by Crippen LogP contribution is 2.15. The summed E-state index contributed by atoms with van der Waals surface area (Å²) in [7, 11) is 0. The van der Waals surface area contributed by atoms with Crippen LogP contribution in [-0.2, 0) is 4.74 Å². The van der Waals surface area contributed by atoms with Crippen LogP contribution in [0.15, 0.2) is 24.3 Å². The number of amides is 2. The fourth-order valence-electron chi connectivity index (χ4n) is 2.88. The van der Waals surface area contributed by atoms with E-state index in [1.54, 1.807) is 31.2 Å². The maximum Gasteiger partial charge on any atom is 0.338 e. The maximum absolute atomic E-state index is 11.9. The van der Waals surface area contributed by atoms with Gasteiger partial charge in [0.15, 0.2) is 0 Å². The van der Waals surface area contributed by atoms with Crippen molar-refractivity contribution in [2.24, 2.45) is 0 Å². The summed E-state index contributed by atoms with van der Waals surface area (Å²) >= 11 is 0. The lowest BCUT2D eigenvalue weighted by Gasteiger charge is -2.33. The Kier molecular flexibility index (Phi) is 7.06. The number of urea groups is 1. The Hall–Kier alpha value is -2.08. The molecule has 1 saturated heterocycles. The van der Waals surface area contributed by atoms with Gasteiger partial charge in [0.05, 0.1) is 12.2 Å². The van der Waals surface area contributed by atoms with Gasteiger partial charge in [0.2, 0.25) is 0 Å². The molecule has 2 amide bonds. The lowest BCUT2D eigenvalue weighted by Crippen LogP contribution is -2.43. The lowest BCUT2D eigenvalue weighted by molar-refractivity contribution is 0.0526. The number of rotatable bonds is 6. The molecule has 0 aromatic heterocycles. The normalized spacial score (nSPS) is 18.0. The number of benzene rings is 1. The van der Waals surface area contributed by atoms with Crippen LogP contribution < -0.4 is 10.6 Å². The molecule has 6 nitrogen and oxygen atoms in total. The number of piperidine rings is 1. The van der Waals surface area contributed by atoms with E-state index >= 15 is 0 Å². The average molecular weight is 333 g/mol. The third-order valence-electron chi connectivity index (χ3n) is 4.28. The van der Waals surface area contributed by atoms with E-state index in [9.17, 15) is 9.59 Å². The first-order valence-electron chi connectivity index (χ1n) is 8.66. The van der Waals surface area contributed by atoms with Crippen molar-refractivity contribution in [3.8, 4) is 0 Å². The number of ether oxygens (including phenoxy) is 1. The zero-order chi connectivity index (χ0) is 17.4. The van der Waals surface area contributed by atoms with Crippen LogP contribution in [0, 0.1) is 0 Å². The second kappa shape index (κ2) is 9.27. The molecule has 6 heteroatoms. The number of hydrogen-bond acceptors (Lipinski definition) is 4. The van der Waals surface area contributed by atoms with Gasteiger partial charge in [-0.2, -0.15) is 0 Å². The standard InChI is InChI=1S/C18H27N3O3/c1-3-24-17(22)15-7-9-16(10-8-15)20-18(23)19-11-13-21-12-5-4-6-14(21)2/h7-10,14H,3-6,11-13H2,1-2H3,(H2,19,20,23). The van der Waals surface area contributed by atoms with Crippen molar-refractivity contribution < 1.29 is 14.3 Å². The van der Waals surface area contributed by atoms with E-state index in [1.165, 1.54) is 19.3 Å². The third-order valence-corrected chi connectivity index (χ3v) is 4.28. The number of likely N-dealkylation sites (tertiary alicyclic amines) is 1. The van der Waals surface area contributed by atoms with Crippen LogP contribution >= 0.6 is 0 Å². The van der Waals surface area contributed by atoms with Gasteiger partial charge in [0.25, 0.3) is 0 Å². The van der Waals surface area contributed by atoms with Crippen LogP contribution in [0.25, 0.3) is 0 Å². The molecule has 0 radical (unpaired) electrons. The predicted molar refractivity (Wildman–Crippen MR) is 94.3 cm³/mol. The molecule has 0 bridgehead atoms. The van der Waals surface area contributed by atoms with E-state index in [0.717, 1.165) is 13.1 Å². The van der Waals surface area contributed by atoms with E-state index < -0.39 is 0 Å². The molecule has 1 aliphatic rings. The third kappa shape index (κ3) is 5.53. The van der Waals surface area contributed by atoms with E-state index in [1.807, 2.05) is 0 Å². The van der Waals surface area contributed by atoms with Crippen LogP contribution in [0.4, 0.5) is 10.5 Å². The minimum Gasteiger partial charge on any atom is -0.462 e. The van der Waals surface area contributed by atoms with Gasteiger partial charge in [-0.25, -0.2) is 9.59 Å². The first kappa shape index (κ1) is 18.3. The molecule has 1 aliphatic heterocycles. The quantitative estimate of drug-likeness (QED) is 0.785. The Morgan fingerprint density at radius 3 is 2.67 bits per heavy atom. The number of nitrogens with zero attached hydrogens (tertiary/aromatic N) is 1. The Bertz CT molecular complexity index is 545. The summed E-state index contributed by atoms with van der Waals surface area (Å²) in [6.45, 7) is 6.96. The molecular weight excluding hydrogens is 306 g/mol. The Morgan fingerprint density at radius 2 is 2.00 bits per heavy atom. The van der Waals surface area contributed by atoms with E-state index in [4.69, 9.17) is 4.74 Å². The minimum atomic E-state index is -0.357. The van der Waals surface area contributed by atoms with E-state index in [2.05, 4.69) is 22.5 Å². The lowest BCUT2D eigenvalue weighted by atomic mass is 10.0. The second-order valence-electron chi connectivity index (χ2n) is 6.06. The van der Waals surface area contributed by atoms with Crippen LogP contribution in [-0.4, -0.2) is 49.2 Å². The number of anilines is 1.